The molecule has 2 aromatic carbocycles. The number of para-hydroxylation sites is 1. The highest BCUT2D eigenvalue weighted by molar-refractivity contribution is 5.79. The second-order valence-electron chi connectivity index (χ2n) is 3.66. The lowest BCUT2D eigenvalue weighted by molar-refractivity contribution is 0.112. The smallest absolute Gasteiger partial charge is 0.151 e. The third kappa shape index (κ3) is 2.58. The summed E-state index contributed by atoms with van der Waals surface area (Å²) < 4.78 is 5.22. The van der Waals surface area contributed by atoms with Gasteiger partial charge in [0.05, 0.1) is 12.7 Å². The van der Waals surface area contributed by atoms with Crippen LogP contribution in [0.25, 0.3) is 0 Å². The van der Waals surface area contributed by atoms with Crippen LogP contribution in [0.1, 0.15) is 21.5 Å². The van der Waals surface area contributed by atoms with E-state index in [0.717, 1.165) is 23.2 Å². The second kappa shape index (κ2) is 5.70. The summed E-state index contributed by atoms with van der Waals surface area (Å²) in [7, 11) is 1.61. The van der Waals surface area contributed by atoms with Crippen molar-refractivity contribution < 1.29 is 9.53 Å². The average Bonchev–Trinajstić information content (AvgIpc) is 2.45. The molecule has 0 saturated carbocycles. The van der Waals surface area contributed by atoms with Gasteiger partial charge in [-0.15, -0.1) is 0 Å². The van der Waals surface area contributed by atoms with Gasteiger partial charge < -0.3 is 4.74 Å². The van der Waals surface area contributed by atoms with Gasteiger partial charge in [-0.2, -0.15) is 0 Å². The zero-order valence-electron chi connectivity index (χ0n) is 10.0. The first-order valence-electron chi connectivity index (χ1n) is 5.54. The molecule has 2 aromatic rings. The lowest BCUT2D eigenvalue weighted by Crippen LogP contribution is -1.88. The molecule has 18 heavy (non-hydrogen) atoms. The molecule has 0 aliphatic rings. The van der Waals surface area contributed by atoms with E-state index >= 15 is 0 Å². The molecule has 0 saturated heterocycles. The molecule has 0 radical (unpaired) electrons. The molecule has 0 unspecified atom stereocenters. The molecule has 0 bridgehead atoms. The van der Waals surface area contributed by atoms with Crippen LogP contribution in [0.4, 0.5) is 0 Å². The highest BCUT2D eigenvalue weighted by Gasteiger charge is 1.98. The summed E-state index contributed by atoms with van der Waals surface area (Å²) in [5.41, 5.74) is 2.12. The van der Waals surface area contributed by atoms with Crippen molar-refractivity contribution in [1.82, 2.24) is 0 Å². The molecule has 0 aliphatic carbocycles. The van der Waals surface area contributed by atoms with E-state index < -0.39 is 0 Å². The zero-order valence-corrected chi connectivity index (χ0v) is 10.0. The van der Waals surface area contributed by atoms with Crippen molar-refractivity contribution >= 4 is 6.29 Å². The van der Waals surface area contributed by atoms with Gasteiger partial charge in [-0.1, -0.05) is 42.2 Å². The second-order valence-corrected chi connectivity index (χ2v) is 3.66. The number of carbonyl (C=O) groups excluding carboxylic acids is 1. The Labute approximate surface area is 106 Å². The van der Waals surface area contributed by atoms with Gasteiger partial charge in [0.15, 0.2) is 6.29 Å². The Kier molecular flexibility index (Phi) is 3.78. The summed E-state index contributed by atoms with van der Waals surface area (Å²) in [6, 6.07) is 14.8. The predicted molar refractivity (Wildman–Crippen MR) is 70.8 cm³/mol. The van der Waals surface area contributed by atoms with E-state index in [2.05, 4.69) is 11.8 Å². The molecular weight excluding hydrogens is 224 g/mol. The lowest BCUT2D eigenvalue weighted by atomic mass is 10.1. The maximum absolute atomic E-state index is 10.9. The molecule has 0 spiro atoms. The van der Waals surface area contributed by atoms with Crippen LogP contribution in [0.15, 0.2) is 48.5 Å². The standard InChI is InChI=1S/C16H12O2/c1-18-16-9-5-4-7-14(16)11-10-13-6-2-3-8-15(13)12-17/h2-9,12H,1H3. The normalized spacial score (nSPS) is 9.17. The van der Waals surface area contributed by atoms with Crippen molar-refractivity contribution in [2.75, 3.05) is 7.11 Å². The van der Waals surface area contributed by atoms with Crippen molar-refractivity contribution in [1.29, 1.82) is 0 Å². The Balaban J connectivity index is 2.40. The van der Waals surface area contributed by atoms with Gasteiger partial charge in [0, 0.05) is 11.1 Å². The highest BCUT2D eigenvalue weighted by Crippen LogP contribution is 2.16. The monoisotopic (exact) mass is 236 g/mol. The van der Waals surface area contributed by atoms with Crippen molar-refractivity contribution in [3.63, 3.8) is 0 Å². The van der Waals surface area contributed by atoms with Crippen LogP contribution in [0.5, 0.6) is 5.75 Å². The van der Waals surface area contributed by atoms with Crippen molar-refractivity contribution in [2.24, 2.45) is 0 Å². The molecule has 88 valence electrons. The fraction of sp³-hybridized carbons (Fsp3) is 0.0625. The average molecular weight is 236 g/mol. The zero-order chi connectivity index (χ0) is 12.8. The molecule has 0 aromatic heterocycles. The van der Waals surface area contributed by atoms with E-state index in [4.69, 9.17) is 4.74 Å². The summed E-state index contributed by atoms with van der Waals surface area (Å²) in [5, 5.41) is 0. The topological polar surface area (TPSA) is 26.3 Å². The van der Waals surface area contributed by atoms with E-state index in [1.807, 2.05) is 42.5 Å². The summed E-state index contributed by atoms with van der Waals surface area (Å²) in [6.45, 7) is 0. The molecule has 0 aliphatic heterocycles. The predicted octanol–water partition coefficient (Wildman–Crippen LogP) is 2.91. The first-order chi connectivity index (χ1) is 8.85. The Morgan fingerprint density at radius 1 is 0.944 bits per heavy atom. The highest BCUT2D eigenvalue weighted by atomic mass is 16.5. The third-order valence-electron chi connectivity index (χ3n) is 2.53. The fourth-order valence-corrected chi connectivity index (χ4v) is 1.60. The van der Waals surface area contributed by atoms with Crippen molar-refractivity contribution in [3.05, 3.63) is 65.2 Å². The Bertz CT molecular complexity index is 618. The van der Waals surface area contributed by atoms with Crippen LogP contribution in [-0.2, 0) is 0 Å². The van der Waals surface area contributed by atoms with Crippen molar-refractivity contribution in [2.45, 2.75) is 0 Å². The molecule has 0 fully saturated rings. The van der Waals surface area contributed by atoms with Crippen LogP contribution in [-0.4, -0.2) is 13.4 Å². The van der Waals surface area contributed by atoms with E-state index in [9.17, 15) is 4.79 Å². The van der Waals surface area contributed by atoms with Gasteiger partial charge in [0.25, 0.3) is 0 Å². The first kappa shape index (κ1) is 11.9. The summed E-state index contributed by atoms with van der Waals surface area (Å²) in [4.78, 5) is 10.9. The lowest BCUT2D eigenvalue weighted by Gasteiger charge is -2.01. The Morgan fingerprint density at radius 3 is 2.28 bits per heavy atom. The number of benzene rings is 2. The summed E-state index contributed by atoms with van der Waals surface area (Å²) in [6.07, 6.45) is 0.812. The van der Waals surface area contributed by atoms with Crippen LogP contribution in [0, 0.1) is 11.8 Å². The fourth-order valence-electron chi connectivity index (χ4n) is 1.60. The quantitative estimate of drug-likeness (QED) is 0.592. The van der Waals surface area contributed by atoms with E-state index in [-0.39, 0.29) is 0 Å². The number of methoxy groups -OCH3 is 1. The first-order valence-corrected chi connectivity index (χ1v) is 5.54. The van der Waals surface area contributed by atoms with Crippen LogP contribution < -0.4 is 4.74 Å². The minimum absolute atomic E-state index is 0.597. The molecule has 0 N–H and O–H groups in total. The molecule has 0 amide bonds. The maximum Gasteiger partial charge on any atom is 0.151 e. The number of hydrogen-bond acceptors (Lipinski definition) is 2. The van der Waals surface area contributed by atoms with E-state index in [0.29, 0.717) is 5.56 Å². The van der Waals surface area contributed by atoms with Gasteiger partial charge in [-0.3, -0.25) is 4.79 Å². The molecule has 0 heterocycles. The van der Waals surface area contributed by atoms with Gasteiger partial charge in [-0.25, -0.2) is 0 Å². The maximum atomic E-state index is 10.9. The Morgan fingerprint density at radius 2 is 1.56 bits per heavy atom. The summed E-state index contributed by atoms with van der Waals surface area (Å²) >= 11 is 0. The largest absolute Gasteiger partial charge is 0.495 e. The van der Waals surface area contributed by atoms with Crippen LogP contribution in [0.3, 0.4) is 0 Å². The van der Waals surface area contributed by atoms with Gasteiger partial charge in [-0.05, 0) is 18.2 Å². The molecule has 0 atom stereocenters. The summed E-state index contributed by atoms with van der Waals surface area (Å²) in [5.74, 6) is 6.75. The number of rotatable bonds is 2. The number of hydrogen-bond donors (Lipinski definition) is 0. The van der Waals surface area contributed by atoms with Gasteiger partial charge in [0.2, 0.25) is 0 Å². The van der Waals surface area contributed by atoms with E-state index in [1.165, 1.54) is 0 Å². The minimum atomic E-state index is 0.597. The van der Waals surface area contributed by atoms with Crippen molar-refractivity contribution in [3.8, 4) is 17.6 Å². The van der Waals surface area contributed by atoms with Crippen LogP contribution >= 0.6 is 0 Å². The molecule has 2 nitrogen and oxygen atoms in total. The molecular formula is C16H12O2. The SMILES string of the molecule is COc1ccccc1C#Cc1ccccc1C=O. The molecule has 2 rings (SSSR count). The van der Waals surface area contributed by atoms with Gasteiger partial charge in [0.1, 0.15) is 5.75 Å². The minimum Gasteiger partial charge on any atom is -0.495 e. The number of ether oxygens (including phenoxy) is 1. The third-order valence-corrected chi connectivity index (χ3v) is 2.53. The molecule has 2 heteroatoms. The van der Waals surface area contributed by atoms with E-state index in [1.54, 1.807) is 13.2 Å². The van der Waals surface area contributed by atoms with Crippen LogP contribution in [0.2, 0.25) is 0 Å². The number of aldehydes is 1. The number of carbonyl (C=O) groups is 1. The Hall–Kier alpha value is -2.53. The van der Waals surface area contributed by atoms with Gasteiger partial charge >= 0.3 is 0 Å².